The van der Waals surface area contributed by atoms with Gasteiger partial charge in [0.05, 0.1) is 10.7 Å². The van der Waals surface area contributed by atoms with Crippen molar-refractivity contribution in [1.82, 2.24) is 9.88 Å². The molecule has 1 aromatic heterocycles. The Hall–Kier alpha value is -1.43. The molecule has 1 amide bonds. The second kappa shape index (κ2) is 5.75. The summed E-state index contributed by atoms with van der Waals surface area (Å²) in [6, 6.07) is -0.672. The Labute approximate surface area is 128 Å². The van der Waals surface area contributed by atoms with Crippen molar-refractivity contribution in [2.24, 2.45) is 0 Å². The number of rotatable bonds is 3. The van der Waals surface area contributed by atoms with Crippen molar-refractivity contribution >= 4 is 23.2 Å². The second-order valence-electron chi connectivity index (χ2n) is 5.94. The van der Waals surface area contributed by atoms with Crippen molar-refractivity contribution in [2.45, 2.75) is 57.4 Å². The standard InChI is InChI=1S/C15H20N2O3S/c1-9-12(21-13(16-9)10-5-2-3-6-10)14(18)17-8-4-7-11(17)15(19)20/h10-11H,2-8H2,1H3,(H,19,20)/t11-/m1/s1. The highest BCUT2D eigenvalue weighted by atomic mass is 32.1. The maximum atomic E-state index is 12.6. The van der Waals surface area contributed by atoms with E-state index >= 15 is 0 Å². The summed E-state index contributed by atoms with van der Waals surface area (Å²) < 4.78 is 0. The van der Waals surface area contributed by atoms with Gasteiger partial charge in [0, 0.05) is 12.5 Å². The molecule has 0 radical (unpaired) electrons. The maximum Gasteiger partial charge on any atom is 0.326 e. The number of aryl methyl sites for hydroxylation is 1. The predicted molar refractivity (Wildman–Crippen MR) is 79.8 cm³/mol. The zero-order valence-electron chi connectivity index (χ0n) is 12.2. The van der Waals surface area contributed by atoms with Crippen LogP contribution in [0.3, 0.4) is 0 Å². The third kappa shape index (κ3) is 2.69. The lowest BCUT2D eigenvalue weighted by atomic mass is 10.1. The van der Waals surface area contributed by atoms with E-state index < -0.39 is 12.0 Å². The fraction of sp³-hybridized carbons (Fsp3) is 0.667. The number of carboxylic acids is 1. The van der Waals surface area contributed by atoms with Crippen LogP contribution in [0.1, 0.15) is 64.8 Å². The topological polar surface area (TPSA) is 70.5 Å². The van der Waals surface area contributed by atoms with Crippen LogP contribution in [0.4, 0.5) is 0 Å². The van der Waals surface area contributed by atoms with Gasteiger partial charge in [0.2, 0.25) is 0 Å². The molecule has 2 aliphatic rings. The highest BCUT2D eigenvalue weighted by molar-refractivity contribution is 7.13. The molecule has 1 atom stereocenters. The molecule has 1 aliphatic carbocycles. The normalized spacial score (nSPS) is 22.9. The van der Waals surface area contributed by atoms with E-state index in [0.717, 1.165) is 30.0 Å². The minimum absolute atomic E-state index is 0.154. The molecule has 0 bridgehead atoms. The van der Waals surface area contributed by atoms with Crippen LogP contribution in [-0.4, -0.2) is 39.5 Å². The minimum Gasteiger partial charge on any atom is -0.480 e. The molecule has 0 unspecified atom stereocenters. The molecule has 6 heteroatoms. The van der Waals surface area contributed by atoms with Gasteiger partial charge in [-0.15, -0.1) is 11.3 Å². The molecule has 2 fully saturated rings. The van der Waals surface area contributed by atoms with Gasteiger partial charge in [-0.3, -0.25) is 4.79 Å². The Morgan fingerprint density at radius 3 is 2.62 bits per heavy atom. The zero-order chi connectivity index (χ0) is 15.0. The number of aromatic nitrogens is 1. The number of likely N-dealkylation sites (tertiary alicyclic amines) is 1. The van der Waals surface area contributed by atoms with Crippen LogP contribution in [0, 0.1) is 6.92 Å². The Balaban J connectivity index is 1.82. The number of hydrogen-bond acceptors (Lipinski definition) is 4. The predicted octanol–water partition coefficient (Wildman–Crippen LogP) is 2.80. The molecule has 5 nitrogen and oxygen atoms in total. The largest absolute Gasteiger partial charge is 0.480 e. The Kier molecular flexibility index (Phi) is 3.97. The molecule has 1 saturated carbocycles. The number of carboxylic acid groups (broad SMARTS) is 1. The average molecular weight is 308 g/mol. The van der Waals surface area contributed by atoms with Crippen LogP contribution in [0.25, 0.3) is 0 Å². The van der Waals surface area contributed by atoms with Crippen LogP contribution in [0.5, 0.6) is 0 Å². The Morgan fingerprint density at radius 1 is 1.24 bits per heavy atom. The number of hydrogen-bond donors (Lipinski definition) is 1. The molecule has 0 aromatic carbocycles. The lowest BCUT2D eigenvalue weighted by Crippen LogP contribution is -2.40. The first-order valence-corrected chi connectivity index (χ1v) is 8.40. The molecule has 1 saturated heterocycles. The van der Waals surface area contributed by atoms with Gasteiger partial charge in [-0.1, -0.05) is 12.8 Å². The van der Waals surface area contributed by atoms with E-state index in [4.69, 9.17) is 0 Å². The summed E-state index contributed by atoms with van der Waals surface area (Å²) in [4.78, 5) is 30.6. The fourth-order valence-electron chi connectivity index (χ4n) is 3.36. The van der Waals surface area contributed by atoms with Crippen LogP contribution < -0.4 is 0 Å². The first-order valence-electron chi connectivity index (χ1n) is 7.59. The van der Waals surface area contributed by atoms with E-state index in [0.29, 0.717) is 23.8 Å². The van der Waals surface area contributed by atoms with Gasteiger partial charge < -0.3 is 10.0 Å². The number of amides is 1. The molecule has 21 heavy (non-hydrogen) atoms. The van der Waals surface area contributed by atoms with Crippen molar-refractivity contribution in [3.63, 3.8) is 0 Å². The third-order valence-electron chi connectivity index (χ3n) is 4.51. The van der Waals surface area contributed by atoms with Crippen LogP contribution in [0.15, 0.2) is 0 Å². The monoisotopic (exact) mass is 308 g/mol. The van der Waals surface area contributed by atoms with Crippen molar-refractivity contribution in [1.29, 1.82) is 0 Å². The smallest absolute Gasteiger partial charge is 0.326 e. The van der Waals surface area contributed by atoms with Crippen LogP contribution in [0.2, 0.25) is 0 Å². The Morgan fingerprint density at radius 2 is 1.95 bits per heavy atom. The summed E-state index contributed by atoms with van der Waals surface area (Å²) in [5.74, 6) is -0.567. The SMILES string of the molecule is Cc1nc(C2CCCC2)sc1C(=O)N1CCC[C@@H]1C(=O)O. The van der Waals surface area contributed by atoms with E-state index in [9.17, 15) is 14.7 Å². The third-order valence-corrected chi connectivity index (χ3v) is 5.82. The van der Waals surface area contributed by atoms with E-state index in [1.54, 1.807) is 0 Å². The fourth-order valence-corrected chi connectivity index (χ4v) is 4.55. The van der Waals surface area contributed by atoms with E-state index in [1.165, 1.54) is 29.1 Å². The number of nitrogens with zero attached hydrogens (tertiary/aromatic N) is 2. The number of aliphatic carboxylic acids is 1. The summed E-state index contributed by atoms with van der Waals surface area (Å²) in [7, 11) is 0. The maximum absolute atomic E-state index is 12.6. The molecule has 1 N–H and O–H groups in total. The number of carbonyl (C=O) groups excluding carboxylic acids is 1. The molecule has 3 rings (SSSR count). The molecule has 114 valence electrons. The molecular formula is C15H20N2O3S. The van der Waals surface area contributed by atoms with Gasteiger partial charge in [-0.05, 0) is 32.6 Å². The van der Waals surface area contributed by atoms with Crippen molar-refractivity contribution in [3.05, 3.63) is 15.6 Å². The van der Waals surface area contributed by atoms with E-state index in [-0.39, 0.29) is 5.91 Å². The van der Waals surface area contributed by atoms with E-state index in [2.05, 4.69) is 4.98 Å². The zero-order valence-corrected chi connectivity index (χ0v) is 13.0. The molecule has 1 aromatic rings. The van der Waals surface area contributed by atoms with Gasteiger partial charge in [0.25, 0.3) is 5.91 Å². The number of thiazole rings is 1. The lowest BCUT2D eigenvalue weighted by molar-refractivity contribution is -0.141. The van der Waals surface area contributed by atoms with Crippen LogP contribution >= 0.6 is 11.3 Å². The molecule has 2 heterocycles. The number of carbonyl (C=O) groups is 2. The first kappa shape index (κ1) is 14.5. The highest BCUT2D eigenvalue weighted by Gasteiger charge is 2.36. The van der Waals surface area contributed by atoms with Gasteiger partial charge in [-0.25, -0.2) is 9.78 Å². The summed E-state index contributed by atoms with van der Waals surface area (Å²) in [5, 5.41) is 10.3. The molecular weight excluding hydrogens is 288 g/mol. The van der Waals surface area contributed by atoms with Gasteiger partial charge >= 0.3 is 5.97 Å². The summed E-state index contributed by atoms with van der Waals surface area (Å²) in [6.07, 6.45) is 6.09. The van der Waals surface area contributed by atoms with Crippen molar-refractivity contribution in [2.75, 3.05) is 6.54 Å². The quantitative estimate of drug-likeness (QED) is 0.932. The first-order chi connectivity index (χ1) is 10.1. The molecule has 1 aliphatic heterocycles. The molecule has 0 spiro atoms. The van der Waals surface area contributed by atoms with E-state index in [1.807, 2.05) is 6.92 Å². The Bertz CT molecular complexity index is 563. The van der Waals surface area contributed by atoms with Crippen LogP contribution in [-0.2, 0) is 4.79 Å². The summed E-state index contributed by atoms with van der Waals surface area (Å²) in [6.45, 7) is 2.39. The highest BCUT2D eigenvalue weighted by Crippen LogP contribution is 2.37. The van der Waals surface area contributed by atoms with Gasteiger partial charge in [-0.2, -0.15) is 0 Å². The average Bonchev–Trinajstić information content (AvgIpc) is 3.18. The van der Waals surface area contributed by atoms with Crippen molar-refractivity contribution < 1.29 is 14.7 Å². The van der Waals surface area contributed by atoms with Gasteiger partial charge in [0.15, 0.2) is 0 Å². The minimum atomic E-state index is -0.904. The van der Waals surface area contributed by atoms with Crippen molar-refractivity contribution in [3.8, 4) is 0 Å². The summed E-state index contributed by atoms with van der Waals surface area (Å²) in [5.41, 5.74) is 0.753. The summed E-state index contributed by atoms with van der Waals surface area (Å²) >= 11 is 1.47. The lowest BCUT2D eigenvalue weighted by Gasteiger charge is -2.20. The second-order valence-corrected chi connectivity index (χ2v) is 6.97. The van der Waals surface area contributed by atoms with Gasteiger partial charge in [0.1, 0.15) is 10.9 Å².